The standard InChI is InChI=1S/C24H13Cl4NO4S/c25-15-7-8-20(33-23(31)17-3-1-2-4-18(17)27)14(9-15)10-21-22(30)29(24(32)34-21)12-13-5-6-16(26)11-19(13)28/h1-11H,12H2/b21-10-. The molecule has 34 heavy (non-hydrogen) atoms. The van der Waals surface area contributed by atoms with Gasteiger partial charge in [0.25, 0.3) is 11.1 Å². The minimum absolute atomic E-state index is 0.0120. The van der Waals surface area contributed by atoms with Gasteiger partial charge in [-0.05, 0) is 65.9 Å². The van der Waals surface area contributed by atoms with Gasteiger partial charge in [-0.1, -0.05) is 64.6 Å². The van der Waals surface area contributed by atoms with Crippen LogP contribution in [0.25, 0.3) is 6.08 Å². The summed E-state index contributed by atoms with van der Waals surface area (Å²) in [7, 11) is 0. The average molecular weight is 553 g/mol. The molecule has 0 saturated carbocycles. The number of ether oxygens (including phenoxy) is 1. The second-order valence-corrected chi connectivity index (χ2v) is 9.74. The summed E-state index contributed by atoms with van der Waals surface area (Å²) in [6, 6.07) is 15.9. The molecule has 1 aliphatic heterocycles. The van der Waals surface area contributed by atoms with Crippen molar-refractivity contribution in [2.45, 2.75) is 6.54 Å². The highest BCUT2D eigenvalue weighted by atomic mass is 35.5. The summed E-state index contributed by atoms with van der Waals surface area (Å²) in [5, 5.41) is 0.932. The Morgan fingerprint density at radius 2 is 1.62 bits per heavy atom. The van der Waals surface area contributed by atoms with Gasteiger partial charge in [0.1, 0.15) is 5.75 Å². The van der Waals surface area contributed by atoms with E-state index in [4.69, 9.17) is 51.1 Å². The Bertz CT molecular complexity index is 1360. The molecule has 1 fully saturated rings. The van der Waals surface area contributed by atoms with Gasteiger partial charge in [-0.3, -0.25) is 14.5 Å². The highest BCUT2D eigenvalue weighted by Gasteiger charge is 2.35. The molecule has 2 amide bonds. The fourth-order valence-electron chi connectivity index (χ4n) is 3.10. The molecule has 0 unspecified atom stereocenters. The SMILES string of the molecule is O=C(Oc1ccc(Cl)cc1/C=C1\SC(=O)N(Cc2ccc(Cl)cc2Cl)C1=O)c1ccccc1Cl. The largest absolute Gasteiger partial charge is 0.422 e. The minimum atomic E-state index is -0.673. The number of imide groups is 1. The third-order valence-corrected chi connectivity index (χ3v) is 6.83. The van der Waals surface area contributed by atoms with E-state index in [1.165, 1.54) is 24.3 Å². The average Bonchev–Trinajstić information content (AvgIpc) is 3.05. The topological polar surface area (TPSA) is 63.7 Å². The number of carbonyl (C=O) groups is 3. The van der Waals surface area contributed by atoms with Crippen LogP contribution in [0.4, 0.5) is 4.79 Å². The second kappa shape index (κ2) is 10.4. The predicted molar refractivity (Wildman–Crippen MR) is 136 cm³/mol. The number of carbonyl (C=O) groups excluding carboxylic acids is 3. The number of esters is 1. The van der Waals surface area contributed by atoms with E-state index < -0.39 is 17.1 Å². The van der Waals surface area contributed by atoms with E-state index in [1.807, 2.05) is 0 Å². The Labute approximate surface area is 219 Å². The lowest BCUT2D eigenvalue weighted by Crippen LogP contribution is -2.27. The Balaban J connectivity index is 1.60. The van der Waals surface area contributed by atoms with Gasteiger partial charge in [-0.15, -0.1) is 0 Å². The van der Waals surface area contributed by atoms with Crippen LogP contribution in [0.3, 0.4) is 0 Å². The molecule has 0 N–H and O–H groups in total. The van der Waals surface area contributed by atoms with E-state index >= 15 is 0 Å². The van der Waals surface area contributed by atoms with Gasteiger partial charge >= 0.3 is 5.97 Å². The van der Waals surface area contributed by atoms with E-state index in [2.05, 4.69) is 0 Å². The zero-order valence-electron chi connectivity index (χ0n) is 17.1. The van der Waals surface area contributed by atoms with Crippen molar-refractivity contribution in [1.82, 2.24) is 4.90 Å². The van der Waals surface area contributed by atoms with Crippen LogP contribution in [0.5, 0.6) is 5.75 Å². The van der Waals surface area contributed by atoms with Crippen molar-refractivity contribution in [3.05, 3.63) is 102 Å². The molecular weight excluding hydrogens is 540 g/mol. The smallest absolute Gasteiger partial charge is 0.345 e. The van der Waals surface area contributed by atoms with Crippen LogP contribution in [-0.4, -0.2) is 22.0 Å². The van der Waals surface area contributed by atoms with Crippen LogP contribution in [0, 0.1) is 0 Å². The Hall–Kier alpha value is -2.48. The first-order valence-electron chi connectivity index (χ1n) is 9.68. The number of hydrogen-bond acceptors (Lipinski definition) is 5. The number of nitrogens with zero attached hydrogens (tertiary/aromatic N) is 1. The number of benzene rings is 3. The van der Waals surface area contributed by atoms with Gasteiger partial charge in [0.2, 0.25) is 0 Å². The lowest BCUT2D eigenvalue weighted by molar-refractivity contribution is -0.123. The van der Waals surface area contributed by atoms with Gasteiger partial charge in [-0.25, -0.2) is 4.79 Å². The maximum Gasteiger partial charge on any atom is 0.345 e. The summed E-state index contributed by atoms with van der Waals surface area (Å²) in [6.07, 6.45) is 1.45. The number of hydrogen-bond donors (Lipinski definition) is 0. The van der Waals surface area contributed by atoms with Gasteiger partial charge in [-0.2, -0.15) is 0 Å². The summed E-state index contributed by atoms with van der Waals surface area (Å²) in [5.41, 5.74) is 1.11. The molecule has 0 spiro atoms. The number of rotatable bonds is 5. The first kappa shape index (κ1) is 24.6. The van der Waals surface area contributed by atoms with Crippen molar-refractivity contribution in [2.75, 3.05) is 0 Å². The number of thioether (sulfide) groups is 1. The maximum absolute atomic E-state index is 13.0. The van der Waals surface area contributed by atoms with Crippen LogP contribution in [0.1, 0.15) is 21.5 Å². The molecule has 3 aromatic rings. The summed E-state index contributed by atoms with van der Waals surface area (Å²) in [6.45, 7) is -0.0120. The lowest BCUT2D eigenvalue weighted by atomic mass is 10.1. The molecule has 1 heterocycles. The summed E-state index contributed by atoms with van der Waals surface area (Å²) in [5.74, 6) is -1.03. The predicted octanol–water partition coefficient (Wildman–Crippen LogP) is 7.76. The second-order valence-electron chi connectivity index (χ2n) is 7.06. The van der Waals surface area contributed by atoms with Crippen molar-refractivity contribution >= 4 is 81.4 Å². The molecule has 5 nitrogen and oxygen atoms in total. The van der Waals surface area contributed by atoms with Crippen LogP contribution in [0.2, 0.25) is 20.1 Å². The molecular formula is C24H13Cl4NO4S. The van der Waals surface area contributed by atoms with Crippen molar-refractivity contribution in [1.29, 1.82) is 0 Å². The Kier molecular flexibility index (Phi) is 7.55. The van der Waals surface area contributed by atoms with Crippen molar-refractivity contribution in [3.63, 3.8) is 0 Å². The highest BCUT2D eigenvalue weighted by Crippen LogP contribution is 2.36. The quantitative estimate of drug-likeness (QED) is 0.184. The van der Waals surface area contributed by atoms with E-state index in [0.29, 0.717) is 26.2 Å². The van der Waals surface area contributed by atoms with Crippen LogP contribution in [-0.2, 0) is 11.3 Å². The van der Waals surface area contributed by atoms with Crippen molar-refractivity contribution < 1.29 is 19.1 Å². The van der Waals surface area contributed by atoms with Crippen LogP contribution < -0.4 is 4.74 Å². The van der Waals surface area contributed by atoms with E-state index in [9.17, 15) is 14.4 Å². The summed E-state index contributed by atoms with van der Waals surface area (Å²) >= 11 is 25.1. The van der Waals surface area contributed by atoms with E-state index in [0.717, 1.165) is 16.7 Å². The fraction of sp³-hybridized carbons (Fsp3) is 0.0417. The third-order valence-electron chi connectivity index (χ3n) is 4.77. The monoisotopic (exact) mass is 551 g/mol. The number of halogens is 4. The Morgan fingerprint density at radius 3 is 2.35 bits per heavy atom. The van der Waals surface area contributed by atoms with Gasteiger partial charge in [0, 0.05) is 20.6 Å². The molecule has 172 valence electrons. The molecule has 0 bridgehead atoms. The fourth-order valence-corrected chi connectivity index (χ4v) is 4.80. The van der Waals surface area contributed by atoms with Gasteiger partial charge in [0.15, 0.2) is 0 Å². The molecule has 1 aliphatic rings. The van der Waals surface area contributed by atoms with Crippen molar-refractivity contribution in [2.24, 2.45) is 0 Å². The molecule has 10 heteroatoms. The zero-order valence-corrected chi connectivity index (χ0v) is 20.9. The van der Waals surface area contributed by atoms with Gasteiger partial charge in [0.05, 0.1) is 22.0 Å². The normalized spacial score (nSPS) is 14.7. The third kappa shape index (κ3) is 5.43. The Morgan fingerprint density at radius 1 is 0.912 bits per heavy atom. The molecule has 0 aromatic heterocycles. The molecule has 4 rings (SSSR count). The summed E-state index contributed by atoms with van der Waals surface area (Å²) < 4.78 is 5.51. The zero-order chi connectivity index (χ0) is 24.4. The first-order valence-corrected chi connectivity index (χ1v) is 12.0. The maximum atomic E-state index is 13.0. The van der Waals surface area contributed by atoms with Crippen molar-refractivity contribution in [3.8, 4) is 5.75 Å². The molecule has 0 radical (unpaired) electrons. The van der Waals surface area contributed by atoms with Crippen LogP contribution >= 0.6 is 58.2 Å². The highest BCUT2D eigenvalue weighted by molar-refractivity contribution is 8.18. The lowest BCUT2D eigenvalue weighted by Gasteiger charge is -2.13. The first-order chi connectivity index (χ1) is 16.2. The molecule has 0 atom stereocenters. The van der Waals surface area contributed by atoms with Gasteiger partial charge < -0.3 is 4.74 Å². The number of amides is 2. The summed E-state index contributed by atoms with van der Waals surface area (Å²) in [4.78, 5) is 39.4. The van der Waals surface area contributed by atoms with E-state index in [1.54, 1.807) is 42.5 Å². The van der Waals surface area contributed by atoms with E-state index in [-0.39, 0.29) is 27.8 Å². The molecule has 3 aromatic carbocycles. The molecule has 1 saturated heterocycles. The minimum Gasteiger partial charge on any atom is -0.422 e. The molecule has 0 aliphatic carbocycles. The van der Waals surface area contributed by atoms with Crippen LogP contribution in [0.15, 0.2) is 65.6 Å².